The molecule has 1 aliphatic heterocycles. The molecule has 0 aliphatic carbocycles. The molecule has 0 saturated carbocycles. The Morgan fingerprint density at radius 1 is 1.17 bits per heavy atom. The Hall–Kier alpha value is -3.04. The van der Waals surface area contributed by atoms with Gasteiger partial charge in [0.1, 0.15) is 5.75 Å². The third-order valence-corrected chi connectivity index (χ3v) is 4.08. The third kappa shape index (κ3) is 8.67. The summed E-state index contributed by atoms with van der Waals surface area (Å²) in [6.45, 7) is 2.50. The lowest BCUT2D eigenvalue weighted by molar-refractivity contribution is -0.274. The monoisotopic (exact) mass is 413 g/mol. The molecule has 2 heterocycles. The largest absolute Gasteiger partial charge is 0.573 e. The summed E-state index contributed by atoms with van der Waals surface area (Å²) in [4.78, 5) is 13.1. The van der Waals surface area contributed by atoms with Gasteiger partial charge in [-0.25, -0.2) is 4.79 Å². The molecule has 1 aromatic heterocycles. The number of amides is 2. The van der Waals surface area contributed by atoms with Gasteiger partial charge in [0, 0.05) is 34.3 Å². The van der Waals surface area contributed by atoms with Gasteiger partial charge in [0.2, 0.25) is 0 Å². The lowest BCUT2D eigenvalue weighted by Crippen LogP contribution is -2.32. The molecule has 0 bridgehead atoms. The van der Waals surface area contributed by atoms with E-state index in [0.717, 1.165) is 18.9 Å². The molecule has 0 radical (unpaired) electrons. The molecule has 29 heavy (non-hydrogen) atoms. The normalized spacial score (nSPS) is 13.7. The van der Waals surface area contributed by atoms with E-state index in [4.69, 9.17) is 0 Å². The fourth-order valence-corrected chi connectivity index (χ4v) is 2.66. The van der Waals surface area contributed by atoms with Crippen LogP contribution in [0.4, 0.5) is 23.8 Å². The summed E-state index contributed by atoms with van der Waals surface area (Å²) in [5.41, 5.74) is 0.670. The highest BCUT2D eigenvalue weighted by atomic mass is 19.4. The number of nitrogens with one attached hydrogen (secondary N) is 2. The lowest BCUT2D eigenvalue weighted by Gasteiger charge is -2.26. The topological polar surface area (TPSA) is 79.4 Å². The van der Waals surface area contributed by atoms with Crippen LogP contribution in [0.3, 0.4) is 0 Å². The molecular formula is C19H26F3N5O2. The maximum absolute atomic E-state index is 11.9. The number of hydrogen-bond acceptors (Lipinski definition) is 5. The van der Waals surface area contributed by atoms with E-state index in [0.29, 0.717) is 5.56 Å². The number of nitrogens with zero attached hydrogens (tertiary/aromatic N) is 3. The third-order valence-electron chi connectivity index (χ3n) is 4.08. The van der Waals surface area contributed by atoms with E-state index in [1.54, 1.807) is 6.20 Å². The summed E-state index contributed by atoms with van der Waals surface area (Å²) >= 11 is 0. The SMILES string of the molecule is CNC(=O)NCc1ccc(OC(F)(F)F)cc1.[HH].c1cnnc(N2CCCCC2)c1. The molecular weight excluding hydrogens is 387 g/mol. The van der Waals surface area contributed by atoms with Gasteiger partial charge < -0.3 is 20.3 Å². The van der Waals surface area contributed by atoms with E-state index in [1.165, 1.54) is 50.6 Å². The summed E-state index contributed by atoms with van der Waals surface area (Å²) in [5.74, 6) is 0.735. The van der Waals surface area contributed by atoms with E-state index in [2.05, 4.69) is 30.5 Å². The van der Waals surface area contributed by atoms with Gasteiger partial charge in [-0.2, -0.15) is 5.10 Å². The van der Waals surface area contributed by atoms with Crippen molar-refractivity contribution in [2.24, 2.45) is 0 Å². The van der Waals surface area contributed by atoms with Gasteiger partial charge in [-0.1, -0.05) is 12.1 Å². The van der Waals surface area contributed by atoms with Gasteiger partial charge in [0.05, 0.1) is 0 Å². The molecule has 160 valence electrons. The van der Waals surface area contributed by atoms with Crippen molar-refractivity contribution >= 4 is 11.8 Å². The highest BCUT2D eigenvalue weighted by molar-refractivity contribution is 5.73. The number of aromatic nitrogens is 2. The molecule has 0 unspecified atom stereocenters. The maximum Gasteiger partial charge on any atom is 0.573 e. The van der Waals surface area contributed by atoms with Gasteiger partial charge in [-0.05, 0) is 49.1 Å². The van der Waals surface area contributed by atoms with Crippen molar-refractivity contribution in [1.29, 1.82) is 0 Å². The fourth-order valence-electron chi connectivity index (χ4n) is 2.66. The number of halogens is 3. The van der Waals surface area contributed by atoms with Crippen molar-refractivity contribution in [2.45, 2.75) is 32.2 Å². The summed E-state index contributed by atoms with van der Waals surface area (Å²) in [5, 5.41) is 12.8. The van der Waals surface area contributed by atoms with Gasteiger partial charge in [-0.3, -0.25) is 0 Å². The first-order chi connectivity index (χ1) is 13.9. The molecule has 0 spiro atoms. The average Bonchev–Trinajstić information content (AvgIpc) is 2.73. The second-order valence-corrected chi connectivity index (χ2v) is 6.25. The summed E-state index contributed by atoms with van der Waals surface area (Å²) in [6, 6.07) is 8.87. The second kappa shape index (κ2) is 11.1. The zero-order valence-electron chi connectivity index (χ0n) is 16.1. The fraction of sp³-hybridized carbons (Fsp3) is 0.421. The van der Waals surface area contributed by atoms with Gasteiger partial charge in [-0.15, -0.1) is 18.3 Å². The number of ether oxygens (including phenoxy) is 1. The quantitative estimate of drug-likeness (QED) is 0.799. The van der Waals surface area contributed by atoms with Crippen LogP contribution in [0, 0.1) is 0 Å². The van der Waals surface area contributed by atoms with Crippen LogP contribution in [0.5, 0.6) is 5.75 Å². The molecule has 2 N–H and O–H groups in total. The Balaban J connectivity index is 0.000000304. The number of piperidine rings is 1. The molecule has 2 amide bonds. The Labute approximate surface area is 168 Å². The van der Waals surface area contributed by atoms with Crippen LogP contribution >= 0.6 is 0 Å². The highest BCUT2D eigenvalue weighted by Gasteiger charge is 2.30. The number of anilines is 1. The minimum absolute atomic E-state index is 0. The van der Waals surface area contributed by atoms with Crippen LogP contribution in [-0.2, 0) is 6.54 Å². The summed E-state index contributed by atoms with van der Waals surface area (Å²) < 4.78 is 39.3. The first kappa shape index (κ1) is 22.3. The molecule has 10 heteroatoms. The molecule has 0 atom stereocenters. The van der Waals surface area contributed by atoms with Gasteiger partial charge in [0.15, 0.2) is 5.82 Å². The Morgan fingerprint density at radius 3 is 2.41 bits per heavy atom. The molecule has 1 saturated heterocycles. The number of carbonyl (C=O) groups excluding carboxylic acids is 1. The number of hydrogen-bond donors (Lipinski definition) is 2. The number of benzene rings is 1. The lowest BCUT2D eigenvalue weighted by atomic mass is 10.1. The van der Waals surface area contributed by atoms with Crippen LogP contribution in [-0.4, -0.2) is 42.7 Å². The second-order valence-electron chi connectivity index (χ2n) is 6.25. The Morgan fingerprint density at radius 2 is 1.86 bits per heavy atom. The van der Waals surface area contributed by atoms with Crippen molar-refractivity contribution in [2.75, 3.05) is 25.0 Å². The number of urea groups is 1. The first-order valence-corrected chi connectivity index (χ1v) is 9.20. The molecule has 1 aromatic carbocycles. The van der Waals surface area contributed by atoms with Crippen LogP contribution in [0.15, 0.2) is 42.6 Å². The minimum Gasteiger partial charge on any atom is -0.406 e. The predicted octanol–water partition coefficient (Wildman–Crippen LogP) is 3.73. The molecule has 2 aromatic rings. The summed E-state index contributed by atoms with van der Waals surface area (Å²) in [7, 11) is 1.47. The standard InChI is InChI=1S/C10H11F3N2O2.C9H13N3.H2/c1-14-9(16)15-6-7-2-4-8(5-3-7)17-10(11,12)13;1-2-7-12(8-3-1)9-5-4-6-10-11-9;/h2-5H,6H2,1H3,(H2,14,15,16);4-6H,1-3,7-8H2;1H. The van der Waals surface area contributed by atoms with E-state index < -0.39 is 6.36 Å². The zero-order valence-corrected chi connectivity index (χ0v) is 16.1. The Bertz CT molecular complexity index is 742. The van der Waals surface area contributed by atoms with Gasteiger partial charge >= 0.3 is 12.4 Å². The van der Waals surface area contributed by atoms with Crippen molar-refractivity contribution in [3.63, 3.8) is 0 Å². The van der Waals surface area contributed by atoms with E-state index in [-0.39, 0.29) is 19.8 Å². The average molecular weight is 413 g/mol. The van der Waals surface area contributed by atoms with Crippen LogP contribution in [0.25, 0.3) is 0 Å². The first-order valence-electron chi connectivity index (χ1n) is 9.20. The van der Waals surface area contributed by atoms with Crippen molar-refractivity contribution in [1.82, 2.24) is 20.8 Å². The van der Waals surface area contributed by atoms with Crippen LogP contribution < -0.4 is 20.3 Å². The number of carbonyl (C=O) groups is 1. The van der Waals surface area contributed by atoms with Crippen molar-refractivity contribution in [3.8, 4) is 5.75 Å². The maximum atomic E-state index is 11.9. The van der Waals surface area contributed by atoms with Crippen LogP contribution in [0.1, 0.15) is 26.3 Å². The van der Waals surface area contributed by atoms with E-state index in [1.807, 2.05) is 12.1 Å². The minimum atomic E-state index is -4.69. The predicted molar refractivity (Wildman–Crippen MR) is 105 cm³/mol. The van der Waals surface area contributed by atoms with Crippen molar-refractivity contribution < 1.29 is 24.1 Å². The molecule has 3 rings (SSSR count). The molecule has 1 fully saturated rings. The van der Waals surface area contributed by atoms with E-state index >= 15 is 0 Å². The number of alkyl halides is 3. The van der Waals surface area contributed by atoms with E-state index in [9.17, 15) is 18.0 Å². The zero-order chi connectivity index (χ0) is 21.1. The van der Waals surface area contributed by atoms with Crippen LogP contribution in [0.2, 0.25) is 0 Å². The highest BCUT2D eigenvalue weighted by Crippen LogP contribution is 2.22. The number of rotatable bonds is 4. The molecule has 1 aliphatic rings. The smallest absolute Gasteiger partial charge is 0.406 e. The Kier molecular flexibility index (Phi) is 8.50. The van der Waals surface area contributed by atoms with Crippen molar-refractivity contribution in [3.05, 3.63) is 48.2 Å². The van der Waals surface area contributed by atoms with Gasteiger partial charge in [0.25, 0.3) is 0 Å². The molecule has 7 nitrogen and oxygen atoms in total. The summed E-state index contributed by atoms with van der Waals surface area (Å²) in [6.07, 6.45) is 0.958.